The maximum atomic E-state index is 14.3. The molecule has 0 amide bonds. The van der Waals surface area contributed by atoms with Gasteiger partial charge in [-0.15, -0.1) is 0 Å². The summed E-state index contributed by atoms with van der Waals surface area (Å²) in [5, 5.41) is 10.1. The molecule has 4 rings (SSSR count). The molecule has 0 radical (unpaired) electrons. The molecular weight excluding hydrogens is 437 g/mol. The number of hydrogen-bond donors (Lipinski definition) is 1. The van der Waals surface area contributed by atoms with E-state index in [1.54, 1.807) is 6.07 Å². The van der Waals surface area contributed by atoms with Crippen LogP contribution in [-0.2, 0) is 26.0 Å². The molecule has 10 heteroatoms. The number of esters is 1. The van der Waals surface area contributed by atoms with Gasteiger partial charge in [-0.25, -0.2) is 27.1 Å². The summed E-state index contributed by atoms with van der Waals surface area (Å²) in [6.07, 6.45) is 0.232. The first-order valence-corrected chi connectivity index (χ1v) is 12.3. The number of benzene rings is 1. The van der Waals surface area contributed by atoms with E-state index in [-0.39, 0.29) is 30.6 Å². The zero-order chi connectivity index (χ0) is 23.4. The van der Waals surface area contributed by atoms with Gasteiger partial charge in [0.05, 0.1) is 30.2 Å². The molecule has 0 unspecified atom stereocenters. The van der Waals surface area contributed by atoms with Crippen LogP contribution in [0.4, 0.5) is 10.3 Å². The van der Waals surface area contributed by atoms with Crippen LogP contribution in [0.25, 0.3) is 11.3 Å². The van der Waals surface area contributed by atoms with Gasteiger partial charge in [0.2, 0.25) is 16.0 Å². The highest BCUT2D eigenvalue weighted by molar-refractivity contribution is 7.92. The van der Waals surface area contributed by atoms with E-state index in [0.717, 1.165) is 16.1 Å². The number of sulfonamides is 1. The van der Waals surface area contributed by atoms with E-state index in [2.05, 4.69) is 9.97 Å². The third-order valence-corrected chi connectivity index (χ3v) is 7.24. The number of cyclic esters (lactones) is 1. The summed E-state index contributed by atoms with van der Waals surface area (Å²) < 4.78 is 45.1. The number of carbonyl (C=O) groups is 1. The Labute approximate surface area is 186 Å². The topological polar surface area (TPSA) is 110 Å². The standard InChI is InChI=1S/C22H26FN3O5S/c1-11(2)20-17-10-16(18-8-13(27)9-19(28)31-18)15-7-12(23)5-6-14(15)21(17)25-22(24-20)26(3)32(4,29)30/h5-7,11,13,16,18,27H,8-10H2,1-4H3/t13-,16-,18-/m1/s1. The molecule has 1 saturated heterocycles. The van der Waals surface area contributed by atoms with E-state index in [4.69, 9.17) is 4.74 Å². The Kier molecular flexibility index (Phi) is 5.70. The first kappa shape index (κ1) is 22.6. The van der Waals surface area contributed by atoms with Crippen molar-refractivity contribution in [1.82, 2.24) is 9.97 Å². The van der Waals surface area contributed by atoms with Crippen LogP contribution in [0.15, 0.2) is 18.2 Å². The minimum absolute atomic E-state index is 0.0411. The Morgan fingerprint density at radius 2 is 1.97 bits per heavy atom. The highest BCUT2D eigenvalue weighted by atomic mass is 32.2. The summed E-state index contributed by atoms with van der Waals surface area (Å²) >= 11 is 0. The van der Waals surface area contributed by atoms with E-state index < -0.39 is 34.0 Å². The molecule has 1 N–H and O–H groups in total. The molecule has 32 heavy (non-hydrogen) atoms. The third-order valence-electron chi connectivity index (χ3n) is 6.08. The van der Waals surface area contributed by atoms with Gasteiger partial charge in [-0.1, -0.05) is 13.8 Å². The summed E-state index contributed by atoms with van der Waals surface area (Å²) in [6, 6.07) is 4.33. The van der Waals surface area contributed by atoms with Gasteiger partial charge in [0, 0.05) is 30.5 Å². The van der Waals surface area contributed by atoms with Crippen molar-refractivity contribution in [3.05, 3.63) is 40.8 Å². The van der Waals surface area contributed by atoms with Gasteiger partial charge in [0.1, 0.15) is 11.9 Å². The van der Waals surface area contributed by atoms with Crippen LogP contribution in [0.2, 0.25) is 0 Å². The Hall–Kier alpha value is -2.59. The number of carbonyl (C=O) groups excluding carboxylic acids is 1. The summed E-state index contributed by atoms with van der Waals surface area (Å²) in [5.41, 5.74) is 3.30. The number of rotatable bonds is 4. The lowest BCUT2D eigenvalue weighted by molar-refractivity contribution is -0.161. The quantitative estimate of drug-likeness (QED) is 0.694. The van der Waals surface area contributed by atoms with Crippen LogP contribution in [0.1, 0.15) is 55.3 Å². The van der Waals surface area contributed by atoms with Crippen molar-refractivity contribution in [2.24, 2.45) is 0 Å². The maximum absolute atomic E-state index is 14.3. The van der Waals surface area contributed by atoms with Gasteiger partial charge >= 0.3 is 5.97 Å². The molecule has 2 heterocycles. The normalized spacial score (nSPS) is 22.8. The molecule has 3 atom stereocenters. The fraction of sp³-hybridized carbons (Fsp3) is 0.500. The molecule has 0 spiro atoms. The molecule has 0 bridgehead atoms. The van der Waals surface area contributed by atoms with E-state index >= 15 is 0 Å². The van der Waals surface area contributed by atoms with Crippen LogP contribution < -0.4 is 4.31 Å². The zero-order valence-electron chi connectivity index (χ0n) is 18.4. The lowest BCUT2D eigenvalue weighted by atomic mass is 9.75. The average molecular weight is 464 g/mol. The molecule has 172 valence electrons. The summed E-state index contributed by atoms with van der Waals surface area (Å²) in [7, 11) is -2.20. The Bertz CT molecular complexity index is 1180. The summed E-state index contributed by atoms with van der Waals surface area (Å²) in [6.45, 7) is 3.90. The van der Waals surface area contributed by atoms with Gasteiger partial charge in [0.15, 0.2) is 0 Å². The molecule has 2 aromatic rings. The molecule has 1 fully saturated rings. The van der Waals surface area contributed by atoms with Crippen LogP contribution in [0.5, 0.6) is 0 Å². The third kappa shape index (κ3) is 4.09. The number of nitrogens with zero attached hydrogens (tertiary/aromatic N) is 3. The first-order valence-electron chi connectivity index (χ1n) is 10.5. The SMILES string of the molecule is CC(C)c1nc(N(C)S(C)(=O)=O)nc2c1C[C@@H]([C@H]1C[C@@H](O)CC(=O)O1)c1cc(F)ccc1-2. The smallest absolute Gasteiger partial charge is 0.308 e. The Morgan fingerprint density at radius 1 is 1.25 bits per heavy atom. The fourth-order valence-corrected chi connectivity index (χ4v) is 4.83. The summed E-state index contributed by atoms with van der Waals surface area (Å²) in [4.78, 5) is 21.1. The van der Waals surface area contributed by atoms with Crippen LogP contribution in [0, 0.1) is 5.82 Å². The molecular formula is C22H26FN3O5S. The average Bonchev–Trinajstić information content (AvgIpc) is 2.70. The molecule has 1 aliphatic heterocycles. The van der Waals surface area contributed by atoms with E-state index in [1.807, 2.05) is 13.8 Å². The van der Waals surface area contributed by atoms with Gasteiger partial charge in [-0.05, 0) is 36.1 Å². The van der Waals surface area contributed by atoms with Gasteiger partial charge in [-0.2, -0.15) is 0 Å². The van der Waals surface area contributed by atoms with E-state index in [9.17, 15) is 22.7 Å². The van der Waals surface area contributed by atoms with Crippen molar-refractivity contribution in [1.29, 1.82) is 0 Å². The van der Waals surface area contributed by atoms with Gasteiger partial charge in [0.25, 0.3) is 0 Å². The second kappa shape index (κ2) is 8.08. The van der Waals surface area contributed by atoms with E-state index in [0.29, 0.717) is 28.9 Å². The van der Waals surface area contributed by atoms with Crippen LogP contribution in [-0.4, -0.2) is 55.0 Å². The maximum Gasteiger partial charge on any atom is 0.308 e. The van der Waals surface area contributed by atoms with Crippen LogP contribution in [0.3, 0.4) is 0 Å². The highest BCUT2D eigenvalue weighted by Crippen LogP contribution is 2.45. The fourth-order valence-electron chi connectivity index (χ4n) is 4.45. The lowest BCUT2D eigenvalue weighted by Gasteiger charge is -2.37. The predicted molar refractivity (Wildman–Crippen MR) is 116 cm³/mol. The largest absolute Gasteiger partial charge is 0.462 e. The first-order chi connectivity index (χ1) is 15.0. The number of ether oxygens (including phenoxy) is 1. The number of fused-ring (bicyclic) bond motifs is 3. The number of aliphatic hydroxyl groups excluding tert-OH is 1. The van der Waals surface area contributed by atoms with Crippen molar-refractivity contribution in [3.8, 4) is 11.3 Å². The minimum atomic E-state index is -3.59. The monoisotopic (exact) mass is 463 g/mol. The number of anilines is 1. The van der Waals surface area contributed by atoms with Crippen LogP contribution >= 0.6 is 0 Å². The molecule has 1 aromatic carbocycles. The van der Waals surface area contributed by atoms with Crippen molar-refractivity contribution >= 4 is 21.9 Å². The predicted octanol–water partition coefficient (Wildman–Crippen LogP) is 2.51. The van der Waals surface area contributed by atoms with Crippen molar-refractivity contribution in [2.45, 2.75) is 57.2 Å². The zero-order valence-corrected chi connectivity index (χ0v) is 19.2. The van der Waals surface area contributed by atoms with Gasteiger partial charge in [-0.3, -0.25) is 4.79 Å². The Balaban J connectivity index is 1.91. The molecule has 2 aliphatic rings. The number of halogens is 1. The molecule has 1 aromatic heterocycles. The molecule has 0 saturated carbocycles. The minimum Gasteiger partial charge on any atom is -0.462 e. The van der Waals surface area contributed by atoms with E-state index in [1.165, 1.54) is 19.2 Å². The highest BCUT2D eigenvalue weighted by Gasteiger charge is 2.39. The second-order valence-corrected chi connectivity index (χ2v) is 10.8. The van der Waals surface area contributed by atoms with Crippen molar-refractivity contribution in [2.75, 3.05) is 17.6 Å². The second-order valence-electron chi connectivity index (χ2n) is 8.79. The molecule has 1 aliphatic carbocycles. The van der Waals surface area contributed by atoms with Crippen molar-refractivity contribution < 1.29 is 27.4 Å². The van der Waals surface area contributed by atoms with Crippen molar-refractivity contribution in [3.63, 3.8) is 0 Å². The van der Waals surface area contributed by atoms with Gasteiger partial charge < -0.3 is 9.84 Å². The number of hydrogen-bond acceptors (Lipinski definition) is 7. The Morgan fingerprint density at radius 3 is 2.59 bits per heavy atom. The number of aromatic nitrogens is 2. The summed E-state index contributed by atoms with van der Waals surface area (Å²) in [5.74, 6) is -1.30. The number of aliphatic hydroxyl groups is 1. The lowest BCUT2D eigenvalue weighted by Crippen LogP contribution is -2.38. The molecule has 8 nitrogen and oxygen atoms in total.